The Morgan fingerprint density at radius 3 is 2.76 bits per heavy atom. The van der Waals surface area contributed by atoms with Gasteiger partial charge in [0.05, 0.1) is 12.1 Å². The average molecular weight is 480 g/mol. The summed E-state index contributed by atoms with van der Waals surface area (Å²) in [5, 5.41) is 13.3. The van der Waals surface area contributed by atoms with E-state index in [0.29, 0.717) is 41.8 Å². The number of carbonyl (C=O) groups excluding carboxylic acids is 1. The summed E-state index contributed by atoms with van der Waals surface area (Å²) < 4.78 is 16.4. The molecule has 0 saturated heterocycles. The Balaban J connectivity index is 1.50. The summed E-state index contributed by atoms with van der Waals surface area (Å²) in [6.45, 7) is 7.28. The number of amides is 1. The summed E-state index contributed by atoms with van der Waals surface area (Å²) in [5.74, 6) is 1.12. The van der Waals surface area contributed by atoms with Crippen LogP contribution in [-0.2, 0) is 11.3 Å². The number of hydrogen-bond donors (Lipinski definition) is 1. The van der Waals surface area contributed by atoms with Gasteiger partial charge in [-0.1, -0.05) is 55.4 Å². The molecule has 0 spiro atoms. The molecule has 1 N–H and O–H groups in total. The molecule has 0 fully saturated rings. The molecule has 0 atom stereocenters. The van der Waals surface area contributed by atoms with E-state index in [0.717, 1.165) is 40.6 Å². The third-order valence-electron chi connectivity index (χ3n) is 5.63. The van der Waals surface area contributed by atoms with Crippen molar-refractivity contribution in [2.24, 2.45) is 5.92 Å². The topological polar surface area (TPSA) is 72.7 Å². The van der Waals surface area contributed by atoms with Crippen molar-refractivity contribution in [2.75, 3.05) is 12.3 Å². The number of halogens is 1. The van der Waals surface area contributed by atoms with E-state index in [1.165, 1.54) is 17.8 Å². The molecule has 0 unspecified atom stereocenters. The highest BCUT2D eigenvalue weighted by atomic mass is 32.2. The predicted molar refractivity (Wildman–Crippen MR) is 135 cm³/mol. The van der Waals surface area contributed by atoms with Crippen molar-refractivity contribution in [3.05, 3.63) is 59.4 Å². The number of benzene rings is 2. The summed E-state index contributed by atoms with van der Waals surface area (Å²) >= 11 is 1.53. The average Bonchev–Trinajstić information content (AvgIpc) is 3.11. The minimum atomic E-state index is -0.237. The zero-order chi connectivity index (χ0) is 24.1. The van der Waals surface area contributed by atoms with Gasteiger partial charge in [0, 0.05) is 29.7 Å². The third kappa shape index (κ3) is 5.73. The largest absolute Gasteiger partial charge is 0.356 e. The SMILES string of the molecule is Cc1ccc2c(c1)c1nnc(SCCCCC(=O)NCC(C)C)nc1n2Cc1ccccc1F. The van der Waals surface area contributed by atoms with Gasteiger partial charge in [-0.2, -0.15) is 0 Å². The lowest BCUT2D eigenvalue weighted by Crippen LogP contribution is -2.26. The molecule has 0 bridgehead atoms. The molecule has 4 aromatic rings. The second-order valence-corrected chi connectivity index (χ2v) is 10.0. The molecule has 4 rings (SSSR count). The number of thioether (sulfide) groups is 1. The fourth-order valence-corrected chi connectivity index (χ4v) is 4.61. The fraction of sp³-hybridized carbons (Fsp3) is 0.385. The quantitative estimate of drug-likeness (QED) is 0.240. The highest BCUT2D eigenvalue weighted by Gasteiger charge is 2.16. The van der Waals surface area contributed by atoms with Crippen LogP contribution in [-0.4, -0.2) is 38.0 Å². The van der Waals surface area contributed by atoms with Crippen LogP contribution < -0.4 is 5.32 Å². The summed E-state index contributed by atoms with van der Waals surface area (Å²) in [6.07, 6.45) is 2.24. The second-order valence-electron chi connectivity index (χ2n) is 8.97. The van der Waals surface area contributed by atoms with E-state index < -0.39 is 0 Å². The highest BCUT2D eigenvalue weighted by molar-refractivity contribution is 7.99. The Morgan fingerprint density at radius 1 is 1.15 bits per heavy atom. The second kappa shape index (κ2) is 11.0. The summed E-state index contributed by atoms with van der Waals surface area (Å²) in [4.78, 5) is 16.7. The monoisotopic (exact) mass is 479 g/mol. The van der Waals surface area contributed by atoms with Crippen LogP contribution in [0.4, 0.5) is 4.39 Å². The maximum atomic E-state index is 14.4. The van der Waals surface area contributed by atoms with Crippen molar-refractivity contribution < 1.29 is 9.18 Å². The maximum absolute atomic E-state index is 14.4. The summed E-state index contributed by atoms with van der Waals surface area (Å²) in [6, 6.07) is 13.0. The van der Waals surface area contributed by atoms with E-state index in [9.17, 15) is 9.18 Å². The number of aryl methyl sites for hydroxylation is 1. The van der Waals surface area contributed by atoms with Gasteiger partial charge in [-0.15, -0.1) is 10.2 Å². The van der Waals surface area contributed by atoms with Gasteiger partial charge in [0.2, 0.25) is 11.1 Å². The van der Waals surface area contributed by atoms with Crippen LogP contribution in [0, 0.1) is 18.7 Å². The van der Waals surface area contributed by atoms with E-state index in [1.807, 2.05) is 29.7 Å². The molecule has 2 heterocycles. The molecule has 2 aromatic carbocycles. The van der Waals surface area contributed by atoms with Gasteiger partial charge in [0.1, 0.15) is 11.3 Å². The number of hydrogen-bond acceptors (Lipinski definition) is 5. The molecule has 0 radical (unpaired) electrons. The molecule has 8 heteroatoms. The van der Waals surface area contributed by atoms with E-state index >= 15 is 0 Å². The van der Waals surface area contributed by atoms with Crippen molar-refractivity contribution in [3.63, 3.8) is 0 Å². The van der Waals surface area contributed by atoms with E-state index in [-0.39, 0.29) is 11.7 Å². The summed E-state index contributed by atoms with van der Waals surface area (Å²) in [7, 11) is 0. The zero-order valence-electron chi connectivity index (χ0n) is 19.8. The lowest BCUT2D eigenvalue weighted by Gasteiger charge is -2.08. The van der Waals surface area contributed by atoms with Crippen LogP contribution in [0.25, 0.3) is 22.1 Å². The minimum absolute atomic E-state index is 0.103. The first-order chi connectivity index (χ1) is 16.4. The number of nitrogens with one attached hydrogen (secondary N) is 1. The highest BCUT2D eigenvalue weighted by Crippen LogP contribution is 2.29. The van der Waals surface area contributed by atoms with Gasteiger partial charge in [0.25, 0.3) is 0 Å². The molecule has 34 heavy (non-hydrogen) atoms. The number of carbonyl (C=O) groups is 1. The molecule has 0 aliphatic carbocycles. The number of aromatic nitrogens is 4. The smallest absolute Gasteiger partial charge is 0.220 e. The van der Waals surface area contributed by atoms with Crippen LogP contribution in [0.5, 0.6) is 0 Å². The first-order valence-corrected chi connectivity index (χ1v) is 12.7. The number of fused-ring (bicyclic) bond motifs is 3. The van der Waals surface area contributed by atoms with Gasteiger partial charge >= 0.3 is 0 Å². The number of rotatable bonds is 10. The fourth-order valence-electron chi connectivity index (χ4n) is 3.83. The van der Waals surface area contributed by atoms with E-state index in [4.69, 9.17) is 4.98 Å². The van der Waals surface area contributed by atoms with Gasteiger partial charge in [-0.25, -0.2) is 9.37 Å². The third-order valence-corrected chi connectivity index (χ3v) is 6.55. The minimum Gasteiger partial charge on any atom is -0.356 e. The Morgan fingerprint density at radius 2 is 1.97 bits per heavy atom. The molecule has 0 aliphatic rings. The standard InChI is InChI=1S/C26H30FN5OS/c1-17(2)15-28-23(33)10-6-7-13-34-26-29-25-24(30-31-26)20-14-18(3)11-12-22(20)32(25)16-19-8-4-5-9-21(19)27/h4-5,8-9,11-12,14,17H,6-7,10,13,15-16H2,1-3H3,(H,28,33). The maximum Gasteiger partial charge on any atom is 0.220 e. The molecule has 0 aliphatic heterocycles. The summed E-state index contributed by atoms with van der Waals surface area (Å²) in [5.41, 5.74) is 4.11. The molecular formula is C26H30FN5OS. The van der Waals surface area contributed by atoms with Crippen molar-refractivity contribution in [1.82, 2.24) is 25.1 Å². The van der Waals surface area contributed by atoms with E-state index in [2.05, 4.69) is 35.4 Å². The van der Waals surface area contributed by atoms with E-state index in [1.54, 1.807) is 12.1 Å². The normalized spacial score (nSPS) is 11.6. The van der Waals surface area contributed by atoms with Gasteiger partial charge in [-0.3, -0.25) is 4.79 Å². The first-order valence-electron chi connectivity index (χ1n) is 11.7. The van der Waals surface area contributed by atoms with Gasteiger partial charge in [0.15, 0.2) is 5.65 Å². The number of unbranched alkanes of at least 4 members (excludes halogenated alkanes) is 1. The van der Waals surface area contributed by atoms with Gasteiger partial charge < -0.3 is 9.88 Å². The van der Waals surface area contributed by atoms with Crippen molar-refractivity contribution in [1.29, 1.82) is 0 Å². The van der Waals surface area contributed by atoms with Crippen LogP contribution in [0.15, 0.2) is 47.6 Å². The van der Waals surface area contributed by atoms with Crippen LogP contribution >= 0.6 is 11.8 Å². The molecule has 0 saturated carbocycles. The molecule has 1 amide bonds. The van der Waals surface area contributed by atoms with Crippen molar-refractivity contribution >= 4 is 39.7 Å². The Labute approximate surface area is 203 Å². The van der Waals surface area contributed by atoms with Crippen LogP contribution in [0.3, 0.4) is 0 Å². The predicted octanol–water partition coefficient (Wildman–Crippen LogP) is 5.51. The van der Waals surface area contributed by atoms with Crippen LogP contribution in [0.1, 0.15) is 44.2 Å². The number of nitrogens with zero attached hydrogens (tertiary/aromatic N) is 4. The first kappa shape index (κ1) is 24.1. The van der Waals surface area contributed by atoms with Crippen LogP contribution in [0.2, 0.25) is 0 Å². The zero-order valence-corrected chi connectivity index (χ0v) is 20.7. The molecular weight excluding hydrogens is 449 g/mol. The lowest BCUT2D eigenvalue weighted by atomic mass is 10.1. The van der Waals surface area contributed by atoms with Crippen molar-refractivity contribution in [2.45, 2.75) is 51.7 Å². The molecule has 2 aromatic heterocycles. The molecule has 6 nitrogen and oxygen atoms in total. The van der Waals surface area contributed by atoms with Crippen molar-refractivity contribution in [3.8, 4) is 0 Å². The Bertz CT molecular complexity index is 1300. The Kier molecular flexibility index (Phi) is 7.77. The molecule has 178 valence electrons. The lowest BCUT2D eigenvalue weighted by molar-refractivity contribution is -0.121. The Hall–Kier alpha value is -3.00. The van der Waals surface area contributed by atoms with Gasteiger partial charge in [-0.05, 0) is 43.9 Å².